The van der Waals surface area contributed by atoms with Crippen LogP contribution in [0.4, 0.5) is 0 Å². The molecule has 0 aromatic rings. The van der Waals surface area contributed by atoms with Crippen molar-refractivity contribution in [2.75, 3.05) is 7.11 Å². The van der Waals surface area contributed by atoms with E-state index in [9.17, 15) is 0 Å². The van der Waals surface area contributed by atoms with E-state index in [1.165, 1.54) is 0 Å². The van der Waals surface area contributed by atoms with E-state index in [0.717, 1.165) is 0 Å². The molecule has 3 heteroatoms. The minimum Gasteiger partial charge on any atom is -0.377 e. The fourth-order valence-electron chi connectivity index (χ4n) is 1.34. The average molecular weight is 302 g/mol. The van der Waals surface area contributed by atoms with Crippen LogP contribution in [0, 0.1) is 0 Å². The molecule has 0 fully saturated rings. The van der Waals surface area contributed by atoms with Crippen molar-refractivity contribution in [3.05, 3.63) is 0 Å². The second-order valence-electron chi connectivity index (χ2n) is 5.71. The molecule has 0 atom stereocenters. The Bertz CT molecular complexity index is 171. The summed E-state index contributed by atoms with van der Waals surface area (Å²) in [4.78, 5) is 0. The van der Waals surface area contributed by atoms with Gasteiger partial charge in [0.05, 0.1) is 5.60 Å². The first-order chi connectivity index (χ1) is 5.52. The SMILES string of the molecule is COC(C)(C)C(C)(C)NC(C)(C)C.[In]. The minimum absolute atomic E-state index is 0. The summed E-state index contributed by atoms with van der Waals surface area (Å²) in [5, 5.41) is 3.56. The van der Waals surface area contributed by atoms with Gasteiger partial charge in [0.1, 0.15) is 0 Å². The second kappa shape index (κ2) is 5.22. The zero-order chi connectivity index (χ0) is 10.9. The first-order valence-corrected chi connectivity index (χ1v) is 4.86. The van der Waals surface area contributed by atoms with E-state index < -0.39 is 0 Å². The second-order valence-corrected chi connectivity index (χ2v) is 5.71. The normalized spacial score (nSPS) is 13.7. The molecule has 0 bridgehead atoms. The molecule has 0 aromatic carbocycles. The first-order valence-electron chi connectivity index (χ1n) is 4.86. The zero-order valence-electron chi connectivity index (χ0n) is 11.0. The molecule has 0 heterocycles. The molecule has 83 valence electrons. The maximum atomic E-state index is 5.49. The van der Waals surface area contributed by atoms with Gasteiger partial charge in [0.15, 0.2) is 0 Å². The Morgan fingerprint density at radius 2 is 1.21 bits per heavy atom. The van der Waals surface area contributed by atoms with Crippen LogP contribution in [0.1, 0.15) is 48.5 Å². The van der Waals surface area contributed by atoms with Gasteiger partial charge in [-0.25, -0.2) is 0 Å². The Morgan fingerprint density at radius 3 is 1.43 bits per heavy atom. The number of methoxy groups -OCH3 is 1. The molecule has 3 radical (unpaired) electrons. The Morgan fingerprint density at radius 1 is 0.857 bits per heavy atom. The van der Waals surface area contributed by atoms with Crippen LogP contribution in [-0.2, 0) is 4.74 Å². The van der Waals surface area contributed by atoms with Gasteiger partial charge in [-0.1, -0.05) is 0 Å². The molecule has 0 aliphatic rings. The molecule has 0 aliphatic carbocycles. The van der Waals surface area contributed by atoms with Crippen molar-refractivity contribution in [3.63, 3.8) is 0 Å². The van der Waals surface area contributed by atoms with Crippen molar-refractivity contribution in [1.29, 1.82) is 0 Å². The maximum absolute atomic E-state index is 5.49. The fourth-order valence-corrected chi connectivity index (χ4v) is 1.34. The number of hydrogen-bond acceptors (Lipinski definition) is 2. The van der Waals surface area contributed by atoms with Crippen molar-refractivity contribution in [3.8, 4) is 0 Å². The van der Waals surface area contributed by atoms with Crippen LogP contribution in [0.5, 0.6) is 0 Å². The van der Waals surface area contributed by atoms with Gasteiger partial charge in [0, 0.05) is 44.0 Å². The molecular weight excluding hydrogens is 277 g/mol. The Kier molecular flexibility index (Phi) is 6.41. The molecule has 1 N–H and O–H groups in total. The summed E-state index contributed by atoms with van der Waals surface area (Å²) < 4.78 is 5.49. The van der Waals surface area contributed by atoms with Crippen molar-refractivity contribution in [1.82, 2.24) is 5.32 Å². The van der Waals surface area contributed by atoms with Crippen molar-refractivity contribution >= 4 is 25.8 Å². The van der Waals surface area contributed by atoms with Crippen LogP contribution in [0.2, 0.25) is 0 Å². The van der Waals surface area contributed by atoms with Crippen LogP contribution in [0.25, 0.3) is 0 Å². The van der Waals surface area contributed by atoms with E-state index >= 15 is 0 Å². The third-order valence-corrected chi connectivity index (χ3v) is 2.70. The standard InChI is InChI=1S/C11H25NO.In/c1-9(2,3)12-10(4,5)11(6,7)13-8;/h12H,1-8H3;. The van der Waals surface area contributed by atoms with E-state index in [2.05, 4.69) is 53.8 Å². The molecule has 2 nitrogen and oxygen atoms in total. The molecular formula is C11H25InNO. The predicted molar refractivity (Wildman–Crippen MR) is 63.8 cm³/mol. The van der Waals surface area contributed by atoms with E-state index in [-0.39, 0.29) is 42.5 Å². The molecule has 0 unspecified atom stereocenters. The van der Waals surface area contributed by atoms with E-state index in [0.29, 0.717) is 0 Å². The molecule has 0 rings (SSSR count). The molecule has 0 aliphatic heterocycles. The van der Waals surface area contributed by atoms with Gasteiger partial charge in [-0.3, -0.25) is 0 Å². The van der Waals surface area contributed by atoms with Crippen molar-refractivity contribution in [2.45, 2.75) is 65.1 Å². The van der Waals surface area contributed by atoms with Crippen molar-refractivity contribution in [2.24, 2.45) is 0 Å². The zero-order valence-corrected chi connectivity index (χ0v) is 14.3. The summed E-state index contributed by atoms with van der Waals surface area (Å²) in [6, 6.07) is 0. The van der Waals surface area contributed by atoms with Gasteiger partial charge in [-0.05, 0) is 48.5 Å². The Hall–Kier alpha value is 0.790. The van der Waals surface area contributed by atoms with Crippen LogP contribution in [0.3, 0.4) is 0 Å². The van der Waals surface area contributed by atoms with Gasteiger partial charge in [0.25, 0.3) is 0 Å². The van der Waals surface area contributed by atoms with Crippen LogP contribution < -0.4 is 5.32 Å². The quantitative estimate of drug-likeness (QED) is 0.863. The number of ether oxygens (including phenoxy) is 1. The molecule has 0 saturated heterocycles. The topological polar surface area (TPSA) is 21.3 Å². The molecule has 0 amide bonds. The molecule has 0 saturated carbocycles. The van der Waals surface area contributed by atoms with Gasteiger partial charge in [-0.15, -0.1) is 0 Å². The van der Waals surface area contributed by atoms with Crippen molar-refractivity contribution < 1.29 is 4.74 Å². The van der Waals surface area contributed by atoms with Gasteiger partial charge < -0.3 is 10.1 Å². The third-order valence-electron chi connectivity index (χ3n) is 2.70. The van der Waals surface area contributed by atoms with E-state index in [4.69, 9.17) is 4.74 Å². The summed E-state index contributed by atoms with van der Waals surface area (Å²) in [7, 11) is 1.76. The van der Waals surface area contributed by atoms with E-state index in [1.807, 2.05) is 0 Å². The number of nitrogens with one attached hydrogen (secondary N) is 1. The van der Waals surface area contributed by atoms with Crippen LogP contribution >= 0.6 is 0 Å². The average Bonchev–Trinajstić information content (AvgIpc) is 1.81. The van der Waals surface area contributed by atoms with Gasteiger partial charge in [0.2, 0.25) is 0 Å². The van der Waals surface area contributed by atoms with Crippen LogP contribution in [0.15, 0.2) is 0 Å². The largest absolute Gasteiger partial charge is 0.377 e. The summed E-state index contributed by atoms with van der Waals surface area (Å²) in [5.74, 6) is 0. The van der Waals surface area contributed by atoms with Gasteiger partial charge in [-0.2, -0.15) is 0 Å². The number of rotatable bonds is 3. The Labute approximate surface area is 108 Å². The minimum atomic E-state index is -0.166. The maximum Gasteiger partial charge on any atom is 0.0798 e. The summed E-state index contributed by atoms with van der Waals surface area (Å²) in [5.41, 5.74) is -0.0976. The third kappa shape index (κ3) is 5.04. The Balaban J connectivity index is 0. The predicted octanol–water partition coefficient (Wildman–Crippen LogP) is 2.20. The van der Waals surface area contributed by atoms with Crippen LogP contribution in [-0.4, -0.2) is 49.6 Å². The molecule has 0 aromatic heterocycles. The van der Waals surface area contributed by atoms with Gasteiger partial charge >= 0.3 is 0 Å². The first kappa shape index (κ1) is 17.2. The summed E-state index contributed by atoms with van der Waals surface area (Å²) in [6.45, 7) is 15.0. The monoisotopic (exact) mass is 302 g/mol. The molecule has 0 spiro atoms. The molecule has 14 heavy (non-hydrogen) atoms. The fraction of sp³-hybridized carbons (Fsp3) is 1.00. The summed E-state index contributed by atoms with van der Waals surface area (Å²) >= 11 is 0. The van der Waals surface area contributed by atoms with E-state index in [1.54, 1.807) is 7.11 Å². The number of hydrogen-bond donors (Lipinski definition) is 1. The summed E-state index contributed by atoms with van der Waals surface area (Å²) in [6.07, 6.45) is 0. The smallest absolute Gasteiger partial charge is 0.0798 e.